The highest BCUT2D eigenvalue weighted by Gasteiger charge is 2.29. The average Bonchev–Trinajstić information content (AvgIpc) is 3.00. The molecule has 2 aromatic rings. The minimum Gasteiger partial charge on any atom is -0.309 e. The number of amides is 1. The predicted octanol–water partition coefficient (Wildman–Crippen LogP) is 3.29. The van der Waals surface area contributed by atoms with Crippen molar-refractivity contribution in [2.45, 2.75) is 50.5 Å². The van der Waals surface area contributed by atoms with Gasteiger partial charge in [0.05, 0.1) is 4.90 Å². The van der Waals surface area contributed by atoms with Gasteiger partial charge in [-0.05, 0) is 55.5 Å². The maximum absolute atomic E-state index is 12.8. The van der Waals surface area contributed by atoms with E-state index in [1.807, 2.05) is 30.0 Å². The van der Waals surface area contributed by atoms with Gasteiger partial charge in [0.25, 0.3) is 0 Å². The molecule has 2 aromatic carbocycles. The molecular weight excluding hydrogens is 360 g/mol. The highest BCUT2D eigenvalue weighted by atomic mass is 32.2. The first-order valence-electron chi connectivity index (χ1n) is 9.41. The van der Waals surface area contributed by atoms with Crippen molar-refractivity contribution < 1.29 is 13.2 Å². The van der Waals surface area contributed by atoms with Gasteiger partial charge in [0.2, 0.25) is 15.9 Å². The first-order valence-corrected chi connectivity index (χ1v) is 10.9. The summed E-state index contributed by atoms with van der Waals surface area (Å²) in [6.45, 7) is 4.41. The number of aryl methyl sites for hydroxylation is 1. The Hall–Kier alpha value is -2.18. The number of sulfonamides is 1. The summed E-state index contributed by atoms with van der Waals surface area (Å²) in [4.78, 5) is 14.9. The quantitative estimate of drug-likeness (QED) is 0.794. The zero-order chi connectivity index (χ0) is 19.4. The van der Waals surface area contributed by atoms with Crippen molar-refractivity contribution in [1.82, 2.24) is 4.72 Å². The minimum absolute atomic E-state index is 0.105. The van der Waals surface area contributed by atoms with E-state index in [1.54, 1.807) is 24.3 Å². The molecule has 27 heavy (non-hydrogen) atoms. The average molecular weight is 387 g/mol. The third kappa shape index (κ3) is 4.39. The van der Waals surface area contributed by atoms with Crippen LogP contribution in [0.2, 0.25) is 0 Å². The monoisotopic (exact) mass is 386 g/mol. The summed E-state index contributed by atoms with van der Waals surface area (Å²) < 4.78 is 26.8. The van der Waals surface area contributed by atoms with E-state index in [0.717, 1.165) is 24.1 Å². The van der Waals surface area contributed by atoms with Crippen molar-refractivity contribution in [2.24, 2.45) is 0 Å². The number of nitrogens with zero attached hydrogens (tertiary/aromatic N) is 1. The van der Waals surface area contributed by atoms with E-state index in [9.17, 15) is 13.2 Å². The molecular formula is C21H26N2O3S. The highest BCUT2D eigenvalue weighted by molar-refractivity contribution is 7.89. The third-order valence-electron chi connectivity index (χ3n) is 4.88. The Morgan fingerprint density at radius 3 is 2.56 bits per heavy atom. The normalized spacial score (nSPS) is 16.4. The van der Waals surface area contributed by atoms with Gasteiger partial charge in [-0.15, -0.1) is 0 Å². The standard InChI is InChI=1S/C21H26N2O3S/c1-3-14-22-27(25,26)19-11-8-17(9-12-19)10-13-21(24)23-16(2)15-18-6-4-5-7-20(18)23/h4-9,11-12,16,22H,3,10,13-15H2,1-2H3. The Morgan fingerprint density at radius 2 is 1.85 bits per heavy atom. The van der Waals surface area contributed by atoms with Crippen LogP contribution in [0, 0.1) is 0 Å². The Kier molecular flexibility index (Phi) is 5.97. The van der Waals surface area contributed by atoms with Crippen LogP contribution in [0.15, 0.2) is 53.4 Å². The van der Waals surface area contributed by atoms with Crippen LogP contribution in [0.1, 0.15) is 37.8 Å². The SMILES string of the molecule is CCCNS(=O)(=O)c1ccc(CCC(=O)N2c3ccccc3CC2C)cc1. The van der Waals surface area contributed by atoms with E-state index in [1.165, 1.54) is 5.56 Å². The van der Waals surface area contributed by atoms with E-state index in [0.29, 0.717) is 19.4 Å². The van der Waals surface area contributed by atoms with E-state index in [4.69, 9.17) is 0 Å². The summed E-state index contributed by atoms with van der Waals surface area (Å²) in [5.41, 5.74) is 3.18. The molecule has 1 amide bonds. The Balaban J connectivity index is 1.63. The van der Waals surface area contributed by atoms with Crippen LogP contribution in [-0.4, -0.2) is 26.9 Å². The van der Waals surface area contributed by atoms with Crippen LogP contribution in [0.5, 0.6) is 0 Å². The lowest BCUT2D eigenvalue weighted by molar-refractivity contribution is -0.118. The number of fused-ring (bicyclic) bond motifs is 1. The summed E-state index contributed by atoms with van der Waals surface area (Å²) in [7, 11) is -3.45. The van der Waals surface area contributed by atoms with Crippen molar-refractivity contribution in [2.75, 3.05) is 11.4 Å². The summed E-state index contributed by atoms with van der Waals surface area (Å²) in [5.74, 6) is 0.105. The lowest BCUT2D eigenvalue weighted by Gasteiger charge is -2.22. The highest BCUT2D eigenvalue weighted by Crippen LogP contribution is 2.32. The number of benzene rings is 2. The van der Waals surface area contributed by atoms with Crippen molar-refractivity contribution >= 4 is 21.6 Å². The van der Waals surface area contributed by atoms with Crippen LogP contribution in [0.4, 0.5) is 5.69 Å². The topological polar surface area (TPSA) is 66.5 Å². The van der Waals surface area contributed by atoms with Crippen molar-refractivity contribution in [3.8, 4) is 0 Å². The zero-order valence-corrected chi connectivity index (χ0v) is 16.6. The van der Waals surface area contributed by atoms with Crippen molar-refractivity contribution in [3.05, 3.63) is 59.7 Å². The smallest absolute Gasteiger partial charge is 0.240 e. The first-order chi connectivity index (χ1) is 12.9. The van der Waals surface area contributed by atoms with Crippen LogP contribution in [-0.2, 0) is 27.7 Å². The van der Waals surface area contributed by atoms with Crippen LogP contribution < -0.4 is 9.62 Å². The maximum Gasteiger partial charge on any atom is 0.240 e. The molecule has 144 valence electrons. The summed E-state index contributed by atoms with van der Waals surface area (Å²) >= 11 is 0. The molecule has 5 nitrogen and oxygen atoms in total. The van der Waals surface area contributed by atoms with Crippen LogP contribution in [0.25, 0.3) is 0 Å². The lowest BCUT2D eigenvalue weighted by Crippen LogP contribution is -2.35. The van der Waals surface area contributed by atoms with E-state index < -0.39 is 10.0 Å². The van der Waals surface area contributed by atoms with Crippen molar-refractivity contribution in [3.63, 3.8) is 0 Å². The Bertz CT molecular complexity index is 907. The van der Waals surface area contributed by atoms with Gasteiger partial charge in [-0.3, -0.25) is 4.79 Å². The molecule has 0 saturated carbocycles. The number of anilines is 1. The van der Waals surface area contributed by atoms with Gasteiger partial charge in [-0.25, -0.2) is 13.1 Å². The van der Waals surface area contributed by atoms with E-state index >= 15 is 0 Å². The third-order valence-corrected chi connectivity index (χ3v) is 6.36. The maximum atomic E-state index is 12.8. The van der Waals surface area contributed by atoms with Gasteiger partial charge < -0.3 is 4.90 Å². The molecule has 0 radical (unpaired) electrons. The first kappa shape index (κ1) is 19.6. The molecule has 0 fully saturated rings. The number of carbonyl (C=O) groups is 1. The van der Waals surface area contributed by atoms with Crippen molar-refractivity contribution in [1.29, 1.82) is 0 Å². The molecule has 1 atom stereocenters. The van der Waals surface area contributed by atoms with E-state index in [-0.39, 0.29) is 16.8 Å². The summed E-state index contributed by atoms with van der Waals surface area (Å²) in [6, 6.07) is 15.0. The molecule has 0 spiro atoms. The molecule has 6 heteroatoms. The fourth-order valence-electron chi connectivity index (χ4n) is 3.47. The van der Waals surface area contributed by atoms with Gasteiger partial charge in [0, 0.05) is 24.7 Å². The van der Waals surface area contributed by atoms with Crippen LogP contribution in [0.3, 0.4) is 0 Å². The molecule has 1 heterocycles. The van der Waals surface area contributed by atoms with Gasteiger partial charge in [-0.1, -0.05) is 37.3 Å². The molecule has 0 aliphatic carbocycles. The fraction of sp³-hybridized carbons (Fsp3) is 0.381. The molecule has 0 aromatic heterocycles. The summed E-state index contributed by atoms with van der Waals surface area (Å²) in [6.07, 6.45) is 2.63. The van der Waals surface area contributed by atoms with Gasteiger partial charge in [0.15, 0.2) is 0 Å². The molecule has 1 unspecified atom stereocenters. The number of nitrogens with one attached hydrogen (secondary N) is 1. The number of carbonyl (C=O) groups excluding carboxylic acids is 1. The molecule has 1 aliphatic rings. The van der Waals surface area contributed by atoms with E-state index in [2.05, 4.69) is 17.7 Å². The lowest BCUT2D eigenvalue weighted by atomic mass is 10.1. The predicted molar refractivity (Wildman–Crippen MR) is 107 cm³/mol. The molecule has 0 bridgehead atoms. The molecule has 1 aliphatic heterocycles. The van der Waals surface area contributed by atoms with Gasteiger partial charge >= 0.3 is 0 Å². The Morgan fingerprint density at radius 1 is 1.15 bits per heavy atom. The number of hydrogen-bond donors (Lipinski definition) is 1. The second-order valence-electron chi connectivity index (χ2n) is 6.99. The number of para-hydroxylation sites is 1. The molecule has 3 rings (SSSR count). The second kappa shape index (κ2) is 8.23. The largest absolute Gasteiger partial charge is 0.309 e. The Labute approximate surface area is 161 Å². The van der Waals surface area contributed by atoms with Gasteiger partial charge in [-0.2, -0.15) is 0 Å². The fourth-order valence-corrected chi connectivity index (χ4v) is 4.61. The second-order valence-corrected chi connectivity index (χ2v) is 8.75. The summed E-state index contributed by atoms with van der Waals surface area (Å²) in [5, 5.41) is 0. The molecule has 0 saturated heterocycles. The molecule has 1 N–H and O–H groups in total. The van der Waals surface area contributed by atoms with Crippen LogP contribution >= 0.6 is 0 Å². The van der Waals surface area contributed by atoms with Gasteiger partial charge in [0.1, 0.15) is 0 Å². The minimum atomic E-state index is -3.45. The number of rotatable bonds is 7. The number of hydrogen-bond acceptors (Lipinski definition) is 3. The zero-order valence-electron chi connectivity index (χ0n) is 15.8.